The van der Waals surface area contributed by atoms with Crippen LogP contribution in [0, 0.1) is 0 Å². The molecule has 0 aliphatic carbocycles. The van der Waals surface area contributed by atoms with Gasteiger partial charge < -0.3 is 9.52 Å². The van der Waals surface area contributed by atoms with Gasteiger partial charge in [0.25, 0.3) is 0 Å². The molecule has 0 bridgehead atoms. The van der Waals surface area contributed by atoms with E-state index in [1.807, 2.05) is 17.8 Å². The maximum absolute atomic E-state index is 10.1. The highest BCUT2D eigenvalue weighted by molar-refractivity contribution is 8.00. The van der Waals surface area contributed by atoms with Gasteiger partial charge in [-0.25, -0.2) is 0 Å². The molecule has 1 aliphatic heterocycles. The molecule has 0 aromatic carbocycles. The highest BCUT2D eigenvalue weighted by Crippen LogP contribution is 2.41. The molecule has 2 atom stereocenters. The molecule has 3 heteroatoms. The van der Waals surface area contributed by atoms with Crippen molar-refractivity contribution < 1.29 is 9.52 Å². The summed E-state index contributed by atoms with van der Waals surface area (Å²) in [5, 5.41) is 10.1. The van der Waals surface area contributed by atoms with Gasteiger partial charge in [0, 0.05) is 11.2 Å². The van der Waals surface area contributed by atoms with Crippen molar-refractivity contribution in [2.24, 2.45) is 0 Å². The molecule has 1 aromatic heterocycles. The Morgan fingerprint density at radius 2 is 2.57 bits per heavy atom. The van der Waals surface area contributed by atoms with Crippen LogP contribution < -0.4 is 0 Å². The lowest BCUT2D eigenvalue weighted by Gasteiger charge is -2.28. The van der Waals surface area contributed by atoms with E-state index in [0.29, 0.717) is 6.42 Å². The van der Waals surface area contributed by atoms with Crippen LogP contribution in [0.15, 0.2) is 23.0 Å². The summed E-state index contributed by atoms with van der Waals surface area (Å²) >= 11 is 1.89. The first kappa shape index (κ1) is 10.1. The first-order valence-electron chi connectivity index (χ1n) is 5.04. The molecule has 0 saturated carbocycles. The molecular formula is C11H16O2S. The Morgan fingerprint density at radius 1 is 1.71 bits per heavy atom. The fourth-order valence-electron chi connectivity index (χ4n) is 1.91. The third-order valence-corrected chi connectivity index (χ3v) is 4.59. The zero-order valence-electron chi connectivity index (χ0n) is 8.40. The van der Waals surface area contributed by atoms with Gasteiger partial charge in [0.05, 0.1) is 18.6 Å². The minimum absolute atomic E-state index is 0.0528. The van der Waals surface area contributed by atoms with Gasteiger partial charge in [0.1, 0.15) is 0 Å². The van der Waals surface area contributed by atoms with Gasteiger partial charge in [0.2, 0.25) is 0 Å². The zero-order valence-corrected chi connectivity index (χ0v) is 9.22. The Morgan fingerprint density at radius 3 is 3.14 bits per heavy atom. The van der Waals surface area contributed by atoms with Crippen LogP contribution in [-0.4, -0.2) is 21.7 Å². The Kier molecular flexibility index (Phi) is 2.88. The molecule has 1 N–H and O–H groups in total. The molecule has 0 amide bonds. The van der Waals surface area contributed by atoms with E-state index in [9.17, 15) is 5.11 Å². The molecule has 2 nitrogen and oxygen atoms in total. The summed E-state index contributed by atoms with van der Waals surface area (Å²) in [6.45, 7) is 2.16. The molecule has 14 heavy (non-hydrogen) atoms. The van der Waals surface area contributed by atoms with Gasteiger partial charge in [-0.2, -0.15) is 11.8 Å². The molecule has 2 rings (SSSR count). The predicted octanol–water partition coefficient (Wildman–Crippen LogP) is 2.47. The van der Waals surface area contributed by atoms with E-state index in [0.717, 1.165) is 12.0 Å². The Bertz CT molecular complexity index is 275. The van der Waals surface area contributed by atoms with E-state index in [1.165, 1.54) is 12.2 Å². The third kappa shape index (κ3) is 1.98. The predicted molar refractivity (Wildman–Crippen MR) is 58.5 cm³/mol. The number of thioether (sulfide) groups is 1. The molecule has 1 aliphatic rings. The largest absolute Gasteiger partial charge is 0.472 e. The van der Waals surface area contributed by atoms with E-state index >= 15 is 0 Å². The third-order valence-electron chi connectivity index (χ3n) is 2.96. The Hall–Kier alpha value is -0.410. The highest BCUT2D eigenvalue weighted by Gasteiger charge is 2.36. The quantitative estimate of drug-likeness (QED) is 0.835. The smallest absolute Gasteiger partial charge is 0.0935 e. The van der Waals surface area contributed by atoms with Crippen LogP contribution >= 0.6 is 11.8 Å². The number of furan rings is 1. The molecule has 2 heterocycles. The second-order valence-corrected chi connectivity index (χ2v) is 5.75. The van der Waals surface area contributed by atoms with Crippen molar-refractivity contribution in [1.29, 1.82) is 0 Å². The summed E-state index contributed by atoms with van der Waals surface area (Å²) in [6, 6.07) is 1.92. The molecule has 1 aromatic rings. The lowest BCUT2D eigenvalue weighted by molar-refractivity contribution is 0.133. The first-order valence-corrected chi connectivity index (χ1v) is 6.02. The van der Waals surface area contributed by atoms with Crippen LogP contribution in [0.3, 0.4) is 0 Å². The molecule has 1 fully saturated rings. The first-order chi connectivity index (χ1) is 6.71. The van der Waals surface area contributed by atoms with Crippen molar-refractivity contribution in [1.82, 2.24) is 0 Å². The zero-order chi connectivity index (χ0) is 10.0. The van der Waals surface area contributed by atoms with Crippen LogP contribution in [0.2, 0.25) is 0 Å². The Labute approximate surface area is 88.7 Å². The van der Waals surface area contributed by atoms with Crippen molar-refractivity contribution >= 4 is 11.8 Å². The van der Waals surface area contributed by atoms with Gasteiger partial charge in [-0.15, -0.1) is 0 Å². The van der Waals surface area contributed by atoms with E-state index < -0.39 is 0 Å². The van der Waals surface area contributed by atoms with E-state index in [-0.39, 0.29) is 10.9 Å². The number of hydrogen-bond donors (Lipinski definition) is 1. The topological polar surface area (TPSA) is 33.4 Å². The van der Waals surface area contributed by atoms with Crippen molar-refractivity contribution in [2.45, 2.75) is 37.0 Å². The van der Waals surface area contributed by atoms with E-state index in [1.54, 1.807) is 12.5 Å². The number of aliphatic hydroxyl groups excluding tert-OH is 1. The van der Waals surface area contributed by atoms with E-state index in [2.05, 4.69) is 6.92 Å². The van der Waals surface area contributed by atoms with Gasteiger partial charge >= 0.3 is 0 Å². The minimum Gasteiger partial charge on any atom is -0.472 e. The van der Waals surface area contributed by atoms with Crippen molar-refractivity contribution in [3.63, 3.8) is 0 Å². The highest BCUT2D eigenvalue weighted by atomic mass is 32.2. The van der Waals surface area contributed by atoms with Crippen LogP contribution in [0.25, 0.3) is 0 Å². The summed E-state index contributed by atoms with van der Waals surface area (Å²) in [7, 11) is 0. The molecule has 78 valence electrons. The maximum atomic E-state index is 10.1. The van der Waals surface area contributed by atoms with Gasteiger partial charge in [-0.1, -0.05) is 0 Å². The second kappa shape index (κ2) is 3.99. The maximum Gasteiger partial charge on any atom is 0.0935 e. The molecule has 2 unspecified atom stereocenters. The number of rotatable bonds is 3. The Balaban J connectivity index is 1.98. The monoisotopic (exact) mass is 212 g/mol. The SMILES string of the molecule is CC1(C(O)Cc2ccoc2)CCCS1. The van der Waals surface area contributed by atoms with Crippen LogP contribution in [0.5, 0.6) is 0 Å². The average molecular weight is 212 g/mol. The lowest BCUT2D eigenvalue weighted by Crippen LogP contribution is -2.35. The van der Waals surface area contributed by atoms with Gasteiger partial charge in [-0.3, -0.25) is 0 Å². The summed E-state index contributed by atoms with van der Waals surface area (Å²) in [5.41, 5.74) is 1.09. The molecular weight excluding hydrogens is 196 g/mol. The summed E-state index contributed by atoms with van der Waals surface area (Å²) < 4.78 is 5.05. The number of aliphatic hydroxyl groups is 1. The van der Waals surface area contributed by atoms with Crippen LogP contribution in [-0.2, 0) is 6.42 Å². The van der Waals surface area contributed by atoms with Crippen molar-refractivity contribution in [2.75, 3.05) is 5.75 Å². The van der Waals surface area contributed by atoms with Crippen molar-refractivity contribution in [3.8, 4) is 0 Å². The molecule has 0 radical (unpaired) electrons. The van der Waals surface area contributed by atoms with Crippen molar-refractivity contribution in [3.05, 3.63) is 24.2 Å². The summed E-state index contributed by atoms with van der Waals surface area (Å²) in [6.07, 6.45) is 6.17. The second-order valence-electron chi connectivity index (χ2n) is 4.12. The minimum atomic E-state index is -0.257. The van der Waals surface area contributed by atoms with E-state index in [4.69, 9.17) is 4.42 Å². The summed E-state index contributed by atoms with van der Waals surface area (Å²) in [5.74, 6) is 1.18. The fraction of sp³-hybridized carbons (Fsp3) is 0.636. The van der Waals surface area contributed by atoms with Crippen LogP contribution in [0.4, 0.5) is 0 Å². The average Bonchev–Trinajstić information content (AvgIpc) is 2.76. The number of hydrogen-bond acceptors (Lipinski definition) is 3. The standard InChI is InChI=1S/C11H16O2S/c1-11(4-2-6-14-11)10(12)7-9-3-5-13-8-9/h3,5,8,10,12H,2,4,6-7H2,1H3. The van der Waals surface area contributed by atoms with Crippen LogP contribution in [0.1, 0.15) is 25.3 Å². The molecule has 1 saturated heterocycles. The fourth-order valence-corrected chi connectivity index (χ4v) is 3.23. The van der Waals surface area contributed by atoms with Gasteiger partial charge in [-0.05, 0) is 37.1 Å². The molecule has 0 spiro atoms. The summed E-state index contributed by atoms with van der Waals surface area (Å²) in [4.78, 5) is 0. The lowest BCUT2D eigenvalue weighted by atomic mass is 9.94. The normalized spacial score (nSPS) is 29.3. The van der Waals surface area contributed by atoms with Gasteiger partial charge in [0.15, 0.2) is 0 Å².